The van der Waals surface area contributed by atoms with Crippen molar-refractivity contribution in [2.45, 2.75) is 13.5 Å². The summed E-state index contributed by atoms with van der Waals surface area (Å²) in [5.74, 6) is 0.109. The molecular formula is C18H20N2O4. The highest BCUT2D eigenvalue weighted by molar-refractivity contribution is 6.43. The number of methoxy groups -OCH3 is 1. The topological polar surface area (TPSA) is 83.1 Å². The van der Waals surface area contributed by atoms with Crippen molar-refractivity contribution < 1.29 is 19.1 Å². The molecule has 2 N–H and O–H groups in total. The molecule has 6 heteroatoms. The molecule has 0 amide bonds. The molecule has 0 heterocycles. The Bertz CT molecular complexity index is 756. The van der Waals surface area contributed by atoms with E-state index in [1.165, 1.54) is 14.2 Å². The van der Waals surface area contributed by atoms with Gasteiger partial charge >= 0.3 is 5.97 Å². The molecule has 0 saturated heterocycles. The smallest absolute Gasteiger partial charge is 0.360 e. The third kappa shape index (κ3) is 4.04. The average Bonchev–Trinajstić information content (AvgIpc) is 2.60. The molecule has 0 aliphatic heterocycles. The number of oxime groups is 1. The Labute approximate surface area is 140 Å². The fourth-order valence-corrected chi connectivity index (χ4v) is 2.19. The SMILES string of the molecule is CO/N=C(/C(=O)OC)c1ccccc1COc1cc(N)ccc1C. The second-order valence-electron chi connectivity index (χ2n) is 5.08. The number of carbonyl (C=O) groups excluding carboxylic acids is 1. The molecule has 0 aromatic heterocycles. The van der Waals surface area contributed by atoms with Crippen LogP contribution in [0.25, 0.3) is 0 Å². The lowest BCUT2D eigenvalue weighted by atomic mass is 10.0. The van der Waals surface area contributed by atoms with Gasteiger partial charge in [0.05, 0.1) is 7.11 Å². The molecule has 0 aliphatic carbocycles. The minimum atomic E-state index is -0.579. The zero-order chi connectivity index (χ0) is 17.5. The zero-order valence-corrected chi connectivity index (χ0v) is 13.9. The number of hydrogen-bond acceptors (Lipinski definition) is 6. The van der Waals surface area contributed by atoms with Gasteiger partial charge in [-0.05, 0) is 24.1 Å². The molecule has 24 heavy (non-hydrogen) atoms. The van der Waals surface area contributed by atoms with Gasteiger partial charge in [-0.15, -0.1) is 0 Å². The number of nitrogens with two attached hydrogens (primary N) is 1. The Morgan fingerprint density at radius 3 is 2.62 bits per heavy atom. The predicted octanol–water partition coefficient (Wildman–Crippen LogP) is 2.68. The van der Waals surface area contributed by atoms with E-state index in [-0.39, 0.29) is 12.3 Å². The van der Waals surface area contributed by atoms with Crippen LogP contribution in [-0.2, 0) is 21.0 Å². The number of anilines is 1. The van der Waals surface area contributed by atoms with E-state index in [9.17, 15) is 4.79 Å². The number of carbonyl (C=O) groups is 1. The Kier molecular flexibility index (Phi) is 5.78. The first kappa shape index (κ1) is 17.3. The summed E-state index contributed by atoms with van der Waals surface area (Å²) in [6.07, 6.45) is 0. The van der Waals surface area contributed by atoms with Crippen LogP contribution in [0, 0.1) is 6.92 Å². The van der Waals surface area contributed by atoms with Crippen LogP contribution in [0.15, 0.2) is 47.6 Å². The molecule has 0 unspecified atom stereocenters. The Balaban J connectivity index is 2.30. The molecule has 0 spiro atoms. The molecule has 0 saturated carbocycles. The zero-order valence-electron chi connectivity index (χ0n) is 13.9. The van der Waals surface area contributed by atoms with Gasteiger partial charge in [0.25, 0.3) is 0 Å². The maximum atomic E-state index is 11.9. The highest BCUT2D eigenvalue weighted by atomic mass is 16.6. The van der Waals surface area contributed by atoms with E-state index in [0.29, 0.717) is 17.0 Å². The molecule has 6 nitrogen and oxygen atoms in total. The number of esters is 1. The van der Waals surface area contributed by atoms with E-state index >= 15 is 0 Å². The lowest BCUT2D eigenvalue weighted by Gasteiger charge is -2.13. The van der Waals surface area contributed by atoms with E-state index in [4.69, 9.17) is 20.0 Å². The summed E-state index contributed by atoms with van der Waals surface area (Å²) in [7, 11) is 2.67. The van der Waals surface area contributed by atoms with Gasteiger partial charge in [0.1, 0.15) is 19.5 Å². The minimum Gasteiger partial charge on any atom is -0.489 e. The quantitative estimate of drug-likeness (QED) is 0.381. The van der Waals surface area contributed by atoms with Crippen LogP contribution in [0.5, 0.6) is 5.75 Å². The first-order valence-electron chi connectivity index (χ1n) is 7.33. The van der Waals surface area contributed by atoms with Crippen molar-refractivity contribution in [2.24, 2.45) is 5.16 Å². The maximum absolute atomic E-state index is 11.9. The number of nitrogen functional groups attached to an aromatic ring is 1. The summed E-state index contributed by atoms with van der Waals surface area (Å²) in [5, 5.41) is 3.78. The van der Waals surface area contributed by atoms with Gasteiger partial charge in [0.15, 0.2) is 5.71 Å². The van der Waals surface area contributed by atoms with Gasteiger partial charge in [-0.3, -0.25) is 0 Å². The summed E-state index contributed by atoms with van der Waals surface area (Å²) in [5.41, 5.74) is 8.85. The van der Waals surface area contributed by atoms with Crippen molar-refractivity contribution in [3.63, 3.8) is 0 Å². The number of nitrogens with zero attached hydrogens (tertiary/aromatic N) is 1. The first-order valence-corrected chi connectivity index (χ1v) is 7.33. The van der Waals surface area contributed by atoms with Gasteiger partial charge in [0, 0.05) is 17.3 Å². The molecule has 0 fully saturated rings. The predicted molar refractivity (Wildman–Crippen MR) is 91.9 cm³/mol. The maximum Gasteiger partial charge on any atom is 0.360 e. The third-order valence-electron chi connectivity index (χ3n) is 3.43. The van der Waals surface area contributed by atoms with Gasteiger partial charge < -0.3 is 20.0 Å². The molecule has 126 valence electrons. The lowest BCUT2D eigenvalue weighted by Crippen LogP contribution is -2.19. The van der Waals surface area contributed by atoms with Crippen LogP contribution >= 0.6 is 0 Å². The normalized spacial score (nSPS) is 11.0. The van der Waals surface area contributed by atoms with Crippen LogP contribution in [-0.4, -0.2) is 25.9 Å². The first-order chi connectivity index (χ1) is 11.6. The van der Waals surface area contributed by atoms with Crippen LogP contribution < -0.4 is 10.5 Å². The minimum absolute atomic E-state index is 0.0866. The van der Waals surface area contributed by atoms with Crippen LogP contribution in [0.1, 0.15) is 16.7 Å². The lowest BCUT2D eigenvalue weighted by molar-refractivity contribution is -0.132. The molecule has 0 atom stereocenters. The Morgan fingerprint density at radius 2 is 1.92 bits per heavy atom. The second-order valence-corrected chi connectivity index (χ2v) is 5.08. The number of hydrogen-bond donors (Lipinski definition) is 1. The molecule has 0 radical (unpaired) electrons. The third-order valence-corrected chi connectivity index (χ3v) is 3.43. The summed E-state index contributed by atoms with van der Waals surface area (Å²) >= 11 is 0. The fourth-order valence-electron chi connectivity index (χ4n) is 2.19. The van der Waals surface area contributed by atoms with Gasteiger partial charge in [-0.25, -0.2) is 4.79 Å². The van der Waals surface area contributed by atoms with Crippen molar-refractivity contribution in [1.82, 2.24) is 0 Å². The number of ether oxygens (including phenoxy) is 2. The van der Waals surface area contributed by atoms with E-state index in [1.54, 1.807) is 18.2 Å². The van der Waals surface area contributed by atoms with Crippen LogP contribution in [0.3, 0.4) is 0 Å². The van der Waals surface area contributed by atoms with Crippen LogP contribution in [0.2, 0.25) is 0 Å². The summed E-state index contributed by atoms with van der Waals surface area (Å²) in [4.78, 5) is 16.7. The molecule has 2 aromatic rings. The van der Waals surface area contributed by atoms with Crippen LogP contribution in [0.4, 0.5) is 5.69 Å². The number of rotatable bonds is 6. The largest absolute Gasteiger partial charge is 0.489 e. The standard InChI is InChI=1S/C18H20N2O4/c1-12-8-9-14(19)10-16(12)24-11-13-6-4-5-7-15(13)17(20-23-3)18(21)22-2/h4-10H,11,19H2,1-3H3/b20-17+. The molecule has 0 aliphatic rings. The summed E-state index contributed by atoms with van der Waals surface area (Å²) in [6, 6.07) is 12.8. The van der Waals surface area contributed by atoms with Crippen molar-refractivity contribution in [3.8, 4) is 5.75 Å². The van der Waals surface area contributed by atoms with Gasteiger partial charge in [-0.2, -0.15) is 0 Å². The Morgan fingerprint density at radius 1 is 1.17 bits per heavy atom. The second kappa shape index (κ2) is 8.01. The van der Waals surface area contributed by atoms with Crippen molar-refractivity contribution in [1.29, 1.82) is 0 Å². The summed E-state index contributed by atoms with van der Waals surface area (Å²) in [6.45, 7) is 2.19. The van der Waals surface area contributed by atoms with Crippen molar-refractivity contribution in [2.75, 3.05) is 20.0 Å². The van der Waals surface area contributed by atoms with E-state index in [0.717, 1.165) is 11.1 Å². The van der Waals surface area contributed by atoms with E-state index < -0.39 is 5.97 Å². The average molecular weight is 328 g/mol. The number of benzene rings is 2. The summed E-state index contributed by atoms with van der Waals surface area (Å²) < 4.78 is 10.6. The van der Waals surface area contributed by atoms with E-state index in [2.05, 4.69) is 5.16 Å². The highest BCUT2D eigenvalue weighted by Gasteiger charge is 2.19. The molecule has 0 bridgehead atoms. The van der Waals surface area contributed by atoms with E-state index in [1.807, 2.05) is 31.2 Å². The number of aryl methyl sites for hydroxylation is 1. The van der Waals surface area contributed by atoms with Gasteiger partial charge in [-0.1, -0.05) is 35.5 Å². The highest BCUT2D eigenvalue weighted by Crippen LogP contribution is 2.23. The van der Waals surface area contributed by atoms with Crippen molar-refractivity contribution >= 4 is 17.4 Å². The monoisotopic (exact) mass is 328 g/mol. The van der Waals surface area contributed by atoms with Gasteiger partial charge in [0.2, 0.25) is 0 Å². The fraction of sp³-hybridized carbons (Fsp3) is 0.222. The molecular weight excluding hydrogens is 308 g/mol. The molecule has 2 aromatic carbocycles. The van der Waals surface area contributed by atoms with Crippen molar-refractivity contribution in [3.05, 3.63) is 59.2 Å². The molecule has 2 rings (SSSR count). The Hall–Kier alpha value is -3.02.